The van der Waals surface area contributed by atoms with Crippen molar-refractivity contribution < 1.29 is 0 Å². The summed E-state index contributed by atoms with van der Waals surface area (Å²) in [4.78, 5) is 2.55. The quantitative estimate of drug-likeness (QED) is 0.160. The van der Waals surface area contributed by atoms with Gasteiger partial charge in [-0.3, -0.25) is 0 Å². The SMILES string of the molecule is C1=CCCC(N(c2ccc3c(c2)-c2ccccc2C3(c2ccccc2)c2ccccc2)c2cccc3c(-c4ccc5c(c4)-c4ccccc4-c4ccc6ccccc6c4CCCc4c-5ccc5ccccc45)cccc23)=C1. The minimum absolute atomic E-state index is 0.461. The van der Waals surface area contributed by atoms with Crippen LogP contribution in [0, 0.1) is 0 Å². The van der Waals surface area contributed by atoms with Gasteiger partial charge < -0.3 is 4.90 Å². The molecule has 1 heteroatoms. The van der Waals surface area contributed by atoms with Gasteiger partial charge in [-0.1, -0.05) is 243 Å². The van der Waals surface area contributed by atoms with Gasteiger partial charge in [-0.15, -0.1) is 0 Å². The zero-order valence-electron chi connectivity index (χ0n) is 43.0. The van der Waals surface area contributed by atoms with E-state index in [4.69, 9.17) is 0 Å². The second-order valence-electron chi connectivity index (χ2n) is 21.2. The molecule has 0 spiro atoms. The normalized spacial score (nSPS) is 14.1. The van der Waals surface area contributed by atoms with Crippen LogP contribution < -0.4 is 4.90 Å². The third-order valence-corrected chi connectivity index (χ3v) is 17.2. The van der Waals surface area contributed by atoms with Gasteiger partial charge >= 0.3 is 0 Å². The molecule has 0 aliphatic heterocycles. The molecule has 0 fully saturated rings. The van der Waals surface area contributed by atoms with Gasteiger partial charge in [0.05, 0.1) is 11.1 Å². The molecule has 1 nitrogen and oxygen atoms in total. The fraction of sp³-hybridized carbons (Fsp3) is 0.0789. The number of aryl methyl sites for hydroxylation is 2. The van der Waals surface area contributed by atoms with Gasteiger partial charge in [0.25, 0.3) is 0 Å². The molecule has 12 aromatic carbocycles. The molecule has 15 rings (SSSR count). The van der Waals surface area contributed by atoms with Gasteiger partial charge in [0.2, 0.25) is 0 Å². The molecule has 3 aliphatic carbocycles. The maximum atomic E-state index is 2.55. The minimum atomic E-state index is -0.461. The Morgan fingerprint density at radius 2 is 0.883 bits per heavy atom. The second-order valence-corrected chi connectivity index (χ2v) is 21.2. The highest BCUT2D eigenvalue weighted by Gasteiger charge is 2.46. The predicted octanol–water partition coefficient (Wildman–Crippen LogP) is 20.0. The molecule has 0 atom stereocenters. The van der Waals surface area contributed by atoms with Crippen molar-refractivity contribution in [3.05, 3.63) is 312 Å². The van der Waals surface area contributed by atoms with Crippen molar-refractivity contribution in [2.75, 3.05) is 4.90 Å². The first-order chi connectivity index (χ1) is 38.2. The van der Waals surface area contributed by atoms with E-state index >= 15 is 0 Å². The van der Waals surface area contributed by atoms with E-state index in [1.807, 2.05) is 0 Å². The number of allylic oxidation sites excluding steroid dienone is 4. The molecular weight excluding hydrogens is 927 g/mol. The van der Waals surface area contributed by atoms with Gasteiger partial charge in [-0.05, 0) is 178 Å². The van der Waals surface area contributed by atoms with Crippen molar-refractivity contribution >= 4 is 43.7 Å². The number of nitrogens with zero attached hydrogens (tertiary/aromatic N) is 1. The van der Waals surface area contributed by atoms with Crippen LogP contribution in [0.4, 0.5) is 11.4 Å². The number of anilines is 2. The van der Waals surface area contributed by atoms with Gasteiger partial charge in [-0.2, -0.15) is 0 Å². The zero-order valence-corrected chi connectivity index (χ0v) is 43.0. The summed E-state index contributed by atoms with van der Waals surface area (Å²) in [5.41, 5.74) is 23.9. The molecule has 0 heterocycles. The van der Waals surface area contributed by atoms with Crippen molar-refractivity contribution in [1.82, 2.24) is 0 Å². The van der Waals surface area contributed by atoms with Crippen LogP contribution in [0.25, 0.3) is 88.0 Å². The van der Waals surface area contributed by atoms with Crippen LogP contribution in [-0.2, 0) is 18.3 Å². The smallest absolute Gasteiger partial charge is 0.0713 e. The third kappa shape index (κ3) is 7.22. The number of fused-ring (bicyclic) bond motifs is 15. The molecule has 0 unspecified atom stereocenters. The summed E-state index contributed by atoms with van der Waals surface area (Å²) in [5.74, 6) is 0. The van der Waals surface area contributed by atoms with Crippen molar-refractivity contribution in [2.24, 2.45) is 0 Å². The summed E-state index contributed by atoms with van der Waals surface area (Å²) in [6, 6.07) is 96.4. The Kier molecular flexibility index (Phi) is 10.8. The average Bonchev–Trinajstić information content (AvgIpc) is 3.91. The van der Waals surface area contributed by atoms with Gasteiger partial charge in [0, 0.05) is 16.8 Å². The summed E-state index contributed by atoms with van der Waals surface area (Å²) in [6.45, 7) is 0. The Hall–Kier alpha value is -9.30. The molecule has 0 amide bonds. The van der Waals surface area contributed by atoms with Gasteiger partial charge in [0.15, 0.2) is 0 Å². The fourth-order valence-corrected chi connectivity index (χ4v) is 13.8. The lowest BCUT2D eigenvalue weighted by Gasteiger charge is -2.34. The van der Waals surface area contributed by atoms with Crippen LogP contribution in [0.15, 0.2) is 279 Å². The number of hydrogen-bond acceptors (Lipinski definition) is 1. The Balaban J connectivity index is 0.927. The molecule has 12 aromatic rings. The lowest BCUT2D eigenvalue weighted by molar-refractivity contribution is 0.768. The van der Waals surface area contributed by atoms with E-state index < -0.39 is 5.41 Å². The molecular formula is C76H55N. The molecule has 364 valence electrons. The molecule has 0 saturated heterocycles. The zero-order chi connectivity index (χ0) is 50.9. The molecule has 77 heavy (non-hydrogen) atoms. The van der Waals surface area contributed by atoms with Crippen LogP contribution in [0.2, 0.25) is 0 Å². The average molecular weight is 982 g/mol. The Morgan fingerprint density at radius 3 is 1.57 bits per heavy atom. The Bertz CT molecular complexity index is 4330. The molecule has 0 N–H and O–H groups in total. The maximum absolute atomic E-state index is 2.55. The van der Waals surface area contributed by atoms with Crippen molar-refractivity contribution in [2.45, 2.75) is 37.5 Å². The summed E-state index contributed by atoms with van der Waals surface area (Å²) < 4.78 is 0. The Morgan fingerprint density at radius 1 is 0.338 bits per heavy atom. The molecule has 0 bridgehead atoms. The van der Waals surface area contributed by atoms with Crippen molar-refractivity contribution in [3.8, 4) is 55.6 Å². The number of benzene rings is 12. The maximum Gasteiger partial charge on any atom is 0.0713 e. The number of hydrogen-bond donors (Lipinski definition) is 0. The standard InChI is InChI=1S/C76H55N/c1-4-23-54(24-5-1)76(55-25-6-2-7-26-55)73-39-17-16-33-69(73)72-50-57(44-48-74(72)76)77(56-27-8-3-9-28-56)75-40-20-37-63-60(34-18-38-70(63)75)53-43-47-68-67-46-42-52-22-11-13-30-59(52)62(67)36-19-35-61-58-29-12-10-21-51(58)41-45-66(61)64-31-14-15-32-65(64)71(68)49-53/h1-8,10-18,20-27,29-34,37-50H,9,19,28,35-36H2. The summed E-state index contributed by atoms with van der Waals surface area (Å²) in [5, 5.41) is 7.74. The van der Waals surface area contributed by atoms with E-state index in [-0.39, 0.29) is 0 Å². The molecule has 0 aromatic heterocycles. The molecule has 0 radical (unpaired) electrons. The van der Waals surface area contributed by atoms with E-state index in [0.717, 1.165) is 37.8 Å². The summed E-state index contributed by atoms with van der Waals surface area (Å²) in [6.07, 6.45) is 11.8. The van der Waals surface area contributed by atoms with Crippen LogP contribution >= 0.6 is 0 Å². The lowest BCUT2D eigenvalue weighted by atomic mass is 9.68. The van der Waals surface area contributed by atoms with Crippen LogP contribution in [0.3, 0.4) is 0 Å². The van der Waals surface area contributed by atoms with E-state index in [0.29, 0.717) is 0 Å². The van der Waals surface area contributed by atoms with E-state index in [1.54, 1.807) is 0 Å². The van der Waals surface area contributed by atoms with Gasteiger partial charge in [-0.25, -0.2) is 0 Å². The fourth-order valence-electron chi connectivity index (χ4n) is 13.8. The first-order valence-electron chi connectivity index (χ1n) is 27.5. The summed E-state index contributed by atoms with van der Waals surface area (Å²) >= 11 is 0. The molecule has 0 saturated carbocycles. The summed E-state index contributed by atoms with van der Waals surface area (Å²) in [7, 11) is 0. The van der Waals surface area contributed by atoms with Crippen LogP contribution in [-0.4, -0.2) is 0 Å². The monoisotopic (exact) mass is 981 g/mol. The highest BCUT2D eigenvalue weighted by Crippen LogP contribution is 2.57. The highest BCUT2D eigenvalue weighted by atomic mass is 15.1. The highest BCUT2D eigenvalue weighted by molar-refractivity contribution is 6.07. The third-order valence-electron chi connectivity index (χ3n) is 17.2. The second kappa shape index (κ2) is 18.5. The van der Waals surface area contributed by atoms with Crippen molar-refractivity contribution in [1.29, 1.82) is 0 Å². The first kappa shape index (κ1) is 45.1. The van der Waals surface area contributed by atoms with Gasteiger partial charge in [0.1, 0.15) is 0 Å². The topological polar surface area (TPSA) is 3.24 Å². The largest absolute Gasteiger partial charge is 0.314 e. The van der Waals surface area contributed by atoms with E-state index in [2.05, 4.69) is 278 Å². The number of rotatable bonds is 6. The van der Waals surface area contributed by atoms with E-state index in [9.17, 15) is 0 Å². The van der Waals surface area contributed by atoms with Crippen molar-refractivity contribution in [3.63, 3.8) is 0 Å². The Labute approximate surface area is 451 Å². The molecule has 3 aliphatic rings. The van der Waals surface area contributed by atoms with Crippen LogP contribution in [0.1, 0.15) is 52.6 Å². The minimum Gasteiger partial charge on any atom is -0.314 e. The first-order valence-corrected chi connectivity index (χ1v) is 27.5. The lowest BCUT2D eigenvalue weighted by Crippen LogP contribution is -2.28. The predicted molar refractivity (Wildman–Crippen MR) is 325 cm³/mol. The van der Waals surface area contributed by atoms with Crippen LogP contribution in [0.5, 0.6) is 0 Å². The van der Waals surface area contributed by atoms with E-state index in [1.165, 1.54) is 133 Å².